The van der Waals surface area contributed by atoms with E-state index in [9.17, 15) is 9.90 Å². The van der Waals surface area contributed by atoms with Gasteiger partial charge in [-0.2, -0.15) is 0 Å². The number of benzene rings is 2. The van der Waals surface area contributed by atoms with Gasteiger partial charge in [-0.3, -0.25) is 0 Å². The number of halogens is 1. The zero-order chi connectivity index (χ0) is 13.2. The number of rotatable bonds is 2. The number of hydrogen-bond donors (Lipinski definition) is 1. The predicted molar refractivity (Wildman–Crippen MR) is 68.0 cm³/mol. The van der Waals surface area contributed by atoms with Crippen molar-refractivity contribution in [1.29, 1.82) is 0 Å². The Morgan fingerprint density at radius 1 is 0.947 bits per heavy atom. The zero-order valence-corrected chi connectivity index (χ0v) is 12.0. The second-order valence-electron chi connectivity index (χ2n) is 3.94. The number of fused-ring (bicyclic) bond motifs is 1. The number of hydrogen-bond acceptors (Lipinski definition) is 3. The molecule has 0 spiro atoms. The third kappa shape index (κ3) is 2.35. The van der Waals surface area contributed by atoms with Gasteiger partial charge >= 0.3 is 120 Å². The Balaban J connectivity index is 2.16. The summed E-state index contributed by atoms with van der Waals surface area (Å²) in [5.74, 6) is 0.0588. The van der Waals surface area contributed by atoms with Crippen molar-refractivity contribution in [2.75, 3.05) is 0 Å². The molecule has 19 heavy (non-hydrogen) atoms. The second kappa shape index (κ2) is 5.05. The van der Waals surface area contributed by atoms with Crippen LogP contribution in [-0.2, 0) is 0 Å². The van der Waals surface area contributed by atoms with E-state index in [2.05, 4.69) is 0 Å². The van der Waals surface area contributed by atoms with Crippen LogP contribution in [0.3, 0.4) is 0 Å². The molecule has 4 heteroatoms. The zero-order valence-electron chi connectivity index (χ0n) is 9.84. The Labute approximate surface area is 119 Å². The van der Waals surface area contributed by atoms with Crippen LogP contribution >= 0.6 is 0 Å². The van der Waals surface area contributed by atoms with Gasteiger partial charge in [-0.15, -0.1) is 0 Å². The van der Waals surface area contributed by atoms with Crippen LogP contribution in [-0.4, -0.2) is 5.11 Å². The molecule has 3 aromatic rings. The van der Waals surface area contributed by atoms with E-state index in [4.69, 9.17) is 4.42 Å². The molecule has 0 aliphatic rings. The minimum atomic E-state index is -0.746. The summed E-state index contributed by atoms with van der Waals surface area (Å²) in [6, 6.07) is 16.7. The van der Waals surface area contributed by atoms with Gasteiger partial charge in [-0.05, 0) is 0 Å². The van der Waals surface area contributed by atoms with Gasteiger partial charge in [0.1, 0.15) is 0 Å². The van der Waals surface area contributed by atoms with Gasteiger partial charge in [-0.1, -0.05) is 0 Å². The summed E-state index contributed by atoms with van der Waals surface area (Å²) in [6.07, 6.45) is 0. The summed E-state index contributed by atoms with van der Waals surface area (Å²) in [5.41, 5.74) is -0.0151. The first kappa shape index (κ1) is 12.2. The summed E-state index contributed by atoms with van der Waals surface area (Å²) < 4.78 is 6.73. The molecule has 0 bridgehead atoms. The molecule has 0 radical (unpaired) electrons. The fourth-order valence-electron chi connectivity index (χ4n) is 1.78. The molecular weight excluding hydrogens is 355 g/mol. The van der Waals surface area contributed by atoms with Crippen molar-refractivity contribution in [3.05, 3.63) is 72.2 Å². The van der Waals surface area contributed by atoms with Crippen LogP contribution in [0.15, 0.2) is 63.8 Å². The van der Waals surface area contributed by atoms with Crippen LogP contribution in [0.5, 0.6) is 5.75 Å². The summed E-state index contributed by atoms with van der Waals surface area (Å²) in [4.78, 5) is 12.0. The van der Waals surface area contributed by atoms with Crippen LogP contribution in [0.4, 0.5) is 0 Å². The monoisotopic (exact) mass is 365 g/mol. The Morgan fingerprint density at radius 2 is 1.63 bits per heavy atom. The molecule has 1 N–H and O–H groups in total. The van der Waals surface area contributed by atoms with Crippen LogP contribution < -0.4 is 26.8 Å². The molecular formula is C15H10IO3-. The topological polar surface area (TPSA) is 50.4 Å². The second-order valence-corrected chi connectivity index (χ2v) is 6.80. The summed E-state index contributed by atoms with van der Waals surface area (Å²) in [5, 5.41) is 10.8. The average molecular weight is 365 g/mol. The molecule has 0 atom stereocenters. The standard InChI is InChI=1S/C15H10IO3/c17-14-11-8-4-5-9-12(11)19-15(18)13(14)16-10-6-2-1-3-7-10/h1-9,17H/q-1. The van der Waals surface area contributed by atoms with Crippen molar-refractivity contribution in [3.8, 4) is 5.75 Å². The van der Waals surface area contributed by atoms with Crippen molar-refractivity contribution in [3.63, 3.8) is 0 Å². The van der Waals surface area contributed by atoms with Crippen molar-refractivity contribution in [2.24, 2.45) is 0 Å². The van der Waals surface area contributed by atoms with Gasteiger partial charge in [0.05, 0.1) is 0 Å². The van der Waals surface area contributed by atoms with E-state index >= 15 is 0 Å². The first-order valence-electron chi connectivity index (χ1n) is 5.70. The first-order valence-corrected chi connectivity index (χ1v) is 7.86. The number of aromatic hydroxyl groups is 1. The van der Waals surface area contributed by atoms with Gasteiger partial charge < -0.3 is 0 Å². The molecule has 96 valence electrons. The van der Waals surface area contributed by atoms with Crippen molar-refractivity contribution >= 4 is 11.0 Å². The van der Waals surface area contributed by atoms with E-state index in [1.54, 1.807) is 18.2 Å². The fourth-order valence-corrected chi connectivity index (χ4v) is 4.05. The van der Waals surface area contributed by atoms with Crippen LogP contribution in [0, 0.1) is 7.14 Å². The number of para-hydroxylation sites is 1. The van der Waals surface area contributed by atoms with E-state index in [1.807, 2.05) is 36.4 Å². The van der Waals surface area contributed by atoms with Gasteiger partial charge in [-0.25, -0.2) is 0 Å². The molecule has 0 saturated carbocycles. The summed E-state index contributed by atoms with van der Waals surface area (Å²) in [6.45, 7) is 0. The van der Waals surface area contributed by atoms with Gasteiger partial charge in [0.25, 0.3) is 0 Å². The van der Waals surface area contributed by atoms with Crippen molar-refractivity contribution in [1.82, 2.24) is 0 Å². The van der Waals surface area contributed by atoms with Crippen molar-refractivity contribution < 1.29 is 30.7 Å². The van der Waals surface area contributed by atoms with Crippen LogP contribution in [0.2, 0.25) is 0 Å². The van der Waals surface area contributed by atoms with Crippen LogP contribution in [0.25, 0.3) is 11.0 Å². The molecule has 1 heterocycles. The normalized spacial score (nSPS) is 10.9. The molecule has 0 aliphatic carbocycles. The molecule has 1 aromatic heterocycles. The quantitative estimate of drug-likeness (QED) is 0.498. The SMILES string of the molecule is O=c1oc2ccccc2c(O)c1[I-]c1ccccc1. The van der Waals surface area contributed by atoms with Gasteiger partial charge in [0.2, 0.25) is 0 Å². The van der Waals surface area contributed by atoms with E-state index in [0.717, 1.165) is 3.57 Å². The van der Waals surface area contributed by atoms with E-state index in [0.29, 0.717) is 14.5 Å². The van der Waals surface area contributed by atoms with E-state index in [1.165, 1.54) is 0 Å². The first-order chi connectivity index (χ1) is 9.25. The molecule has 0 unspecified atom stereocenters. The molecule has 0 fully saturated rings. The minimum absolute atomic E-state index is 0.0588. The Bertz CT molecular complexity index is 778. The summed E-state index contributed by atoms with van der Waals surface area (Å²) >= 11 is -0.746. The molecule has 0 saturated heterocycles. The molecule has 0 amide bonds. The Kier molecular flexibility index (Phi) is 3.25. The van der Waals surface area contributed by atoms with Crippen LogP contribution in [0.1, 0.15) is 0 Å². The molecule has 3 rings (SSSR count). The van der Waals surface area contributed by atoms with E-state index in [-0.39, 0.29) is 5.75 Å². The maximum absolute atomic E-state index is 12.0. The molecule has 0 aliphatic heterocycles. The third-order valence-corrected chi connectivity index (χ3v) is 5.50. The Hall–Kier alpha value is -1.82. The fraction of sp³-hybridized carbons (Fsp3) is 0. The summed E-state index contributed by atoms with van der Waals surface area (Å²) in [7, 11) is 0. The predicted octanol–water partition coefficient (Wildman–Crippen LogP) is -0.373. The van der Waals surface area contributed by atoms with Crippen molar-refractivity contribution in [2.45, 2.75) is 0 Å². The maximum atomic E-state index is 12.0. The molecule has 3 nitrogen and oxygen atoms in total. The third-order valence-electron chi connectivity index (χ3n) is 2.67. The molecule has 2 aromatic carbocycles. The van der Waals surface area contributed by atoms with E-state index < -0.39 is 26.8 Å². The Morgan fingerprint density at radius 3 is 2.42 bits per heavy atom. The average Bonchev–Trinajstić information content (AvgIpc) is 2.45. The van der Waals surface area contributed by atoms with Gasteiger partial charge in [0, 0.05) is 0 Å². The van der Waals surface area contributed by atoms with Gasteiger partial charge in [0.15, 0.2) is 0 Å².